The van der Waals surface area contributed by atoms with Crippen LogP contribution in [0.2, 0.25) is 0 Å². The zero-order chi connectivity index (χ0) is 50.4. The number of furan rings is 1. The number of aromatic nitrogens is 1. The molecule has 12 aromatic carbocycles. The predicted octanol–water partition coefficient (Wildman–Crippen LogP) is 18.9. The van der Waals surface area contributed by atoms with Crippen molar-refractivity contribution in [2.75, 3.05) is 4.90 Å². The minimum absolute atomic E-state index is 0.509. The first-order chi connectivity index (χ1) is 38.2. The summed E-state index contributed by atoms with van der Waals surface area (Å²) in [6.07, 6.45) is 0. The van der Waals surface area contributed by atoms with Crippen LogP contribution in [0.5, 0.6) is 0 Å². The van der Waals surface area contributed by atoms with Crippen molar-refractivity contribution >= 4 is 60.8 Å². The van der Waals surface area contributed by atoms with Crippen molar-refractivity contribution in [1.29, 1.82) is 0 Å². The fraction of sp³-hybridized carbons (Fsp3) is 0.0270. The van der Waals surface area contributed by atoms with Gasteiger partial charge in [-0.3, -0.25) is 0 Å². The Hall–Kier alpha value is -9.96. The lowest BCUT2D eigenvalue weighted by Crippen LogP contribution is -2.33. The molecule has 1 aliphatic heterocycles. The molecule has 0 saturated carbocycles. The van der Waals surface area contributed by atoms with Gasteiger partial charge in [0.05, 0.1) is 27.6 Å². The van der Waals surface area contributed by atoms with E-state index in [9.17, 15) is 0 Å². The third-order valence-corrected chi connectivity index (χ3v) is 17.5. The average molecular weight is 979 g/mol. The summed E-state index contributed by atoms with van der Waals surface area (Å²) in [5.74, 6) is 0. The molecule has 17 rings (SSSR count). The van der Waals surface area contributed by atoms with E-state index >= 15 is 0 Å². The minimum Gasteiger partial charge on any atom is -0.456 e. The number of anilines is 3. The second kappa shape index (κ2) is 15.8. The third-order valence-electron chi connectivity index (χ3n) is 17.5. The molecule has 3 nitrogen and oxygen atoms in total. The Labute approximate surface area is 445 Å². The maximum atomic E-state index is 6.25. The molecule has 0 bridgehead atoms. The zero-order valence-electron chi connectivity index (χ0n) is 41.9. The molecule has 2 aromatic heterocycles. The van der Waals surface area contributed by atoms with Crippen molar-refractivity contribution in [2.45, 2.75) is 10.8 Å². The maximum absolute atomic E-state index is 6.25. The number of hydrogen-bond donors (Lipinski definition) is 0. The predicted molar refractivity (Wildman–Crippen MR) is 316 cm³/mol. The summed E-state index contributed by atoms with van der Waals surface area (Å²) in [6.45, 7) is 0. The normalized spacial score (nSPS) is 15.2. The third kappa shape index (κ3) is 5.59. The van der Waals surface area contributed by atoms with E-state index in [1.807, 2.05) is 12.1 Å². The molecule has 0 saturated heterocycles. The summed E-state index contributed by atoms with van der Waals surface area (Å²) >= 11 is 0. The number of fused-ring (bicyclic) bond motifs is 18. The van der Waals surface area contributed by atoms with E-state index in [1.54, 1.807) is 0 Å². The molecule has 14 aromatic rings. The highest BCUT2D eigenvalue weighted by molar-refractivity contribution is 6.13. The molecule has 2 aliphatic carbocycles. The standard InChI is InChI=1S/C74H46N2O/c1-2-17-49(18-3-1)73(62-25-9-4-19-54(62)55-20-5-10-26-63(55)73)50-36-40-52(41-37-50)75(51-38-33-47(34-39-51)48-35-44-71-61(45-48)59-23-8-15-32-70(59)77-71)53-42-43-57-56-21-6-11-27-64(56)74(67(57)46-53)65-28-12-14-31-69(65)76-68-30-13-7-22-58(68)60-24-16-29-66(74)72(60)76/h1-46H. The Morgan fingerprint density at radius 3 is 1.56 bits per heavy atom. The highest BCUT2D eigenvalue weighted by atomic mass is 16.3. The Bertz CT molecular complexity index is 4710. The van der Waals surface area contributed by atoms with Gasteiger partial charge in [0.2, 0.25) is 0 Å². The van der Waals surface area contributed by atoms with Crippen LogP contribution in [-0.2, 0) is 10.8 Å². The molecular weight excluding hydrogens is 933 g/mol. The van der Waals surface area contributed by atoms with Crippen molar-refractivity contribution in [2.24, 2.45) is 0 Å². The van der Waals surface area contributed by atoms with Crippen LogP contribution in [0.1, 0.15) is 44.5 Å². The summed E-state index contributed by atoms with van der Waals surface area (Å²) < 4.78 is 8.78. The highest BCUT2D eigenvalue weighted by Crippen LogP contribution is 2.62. The number of nitrogens with zero attached hydrogens (tertiary/aromatic N) is 2. The topological polar surface area (TPSA) is 21.3 Å². The molecule has 77 heavy (non-hydrogen) atoms. The molecule has 0 amide bonds. The van der Waals surface area contributed by atoms with Gasteiger partial charge in [0.1, 0.15) is 11.2 Å². The van der Waals surface area contributed by atoms with Gasteiger partial charge in [-0.15, -0.1) is 0 Å². The smallest absolute Gasteiger partial charge is 0.135 e. The Balaban J connectivity index is 0.889. The van der Waals surface area contributed by atoms with Gasteiger partial charge >= 0.3 is 0 Å². The van der Waals surface area contributed by atoms with Crippen LogP contribution in [0, 0.1) is 0 Å². The quantitative estimate of drug-likeness (QED) is 0.166. The van der Waals surface area contributed by atoms with Crippen LogP contribution in [-0.4, -0.2) is 4.57 Å². The van der Waals surface area contributed by atoms with Crippen molar-refractivity contribution in [3.63, 3.8) is 0 Å². The van der Waals surface area contributed by atoms with Gasteiger partial charge in [0.25, 0.3) is 0 Å². The maximum Gasteiger partial charge on any atom is 0.135 e. The first kappa shape index (κ1) is 42.4. The van der Waals surface area contributed by atoms with E-state index < -0.39 is 10.8 Å². The fourth-order valence-electron chi connectivity index (χ4n) is 14.4. The van der Waals surface area contributed by atoms with Crippen molar-refractivity contribution < 1.29 is 4.42 Å². The van der Waals surface area contributed by atoms with Gasteiger partial charge in [-0.2, -0.15) is 0 Å². The Morgan fingerprint density at radius 2 is 0.818 bits per heavy atom. The SMILES string of the molecule is c1ccc(C2(c3ccc(N(c4ccc(-c5ccc6oc7ccccc7c6c5)cc4)c4ccc5c(c4)C4(c6ccccc6-5)c5ccccc5-n5c6ccccc6c6cccc4c65)cc3)c3ccccc3-c3ccccc32)cc1. The number of para-hydroxylation sites is 4. The fourth-order valence-corrected chi connectivity index (χ4v) is 14.4. The van der Waals surface area contributed by atoms with Crippen LogP contribution in [0.4, 0.5) is 17.1 Å². The van der Waals surface area contributed by atoms with Crippen LogP contribution >= 0.6 is 0 Å². The molecule has 1 unspecified atom stereocenters. The van der Waals surface area contributed by atoms with Gasteiger partial charge in [0, 0.05) is 38.6 Å². The summed E-state index contributed by atoms with van der Waals surface area (Å²) in [4.78, 5) is 2.47. The second-order valence-electron chi connectivity index (χ2n) is 21.0. The van der Waals surface area contributed by atoms with Gasteiger partial charge in [-0.25, -0.2) is 0 Å². The summed E-state index contributed by atoms with van der Waals surface area (Å²) in [7, 11) is 0. The largest absolute Gasteiger partial charge is 0.456 e. The van der Waals surface area contributed by atoms with Gasteiger partial charge in [-0.05, 0) is 145 Å². The first-order valence-electron chi connectivity index (χ1n) is 26.7. The van der Waals surface area contributed by atoms with E-state index in [-0.39, 0.29) is 0 Å². The molecule has 0 radical (unpaired) electrons. The van der Waals surface area contributed by atoms with Crippen LogP contribution in [0.3, 0.4) is 0 Å². The van der Waals surface area contributed by atoms with Crippen molar-refractivity contribution in [3.05, 3.63) is 324 Å². The minimum atomic E-state index is -0.594. The highest BCUT2D eigenvalue weighted by Gasteiger charge is 2.51. The van der Waals surface area contributed by atoms with E-state index in [2.05, 4.69) is 276 Å². The van der Waals surface area contributed by atoms with Crippen LogP contribution in [0.25, 0.3) is 82.8 Å². The number of hydrogen-bond acceptors (Lipinski definition) is 2. The monoisotopic (exact) mass is 978 g/mol. The van der Waals surface area contributed by atoms with Gasteiger partial charge in [0.15, 0.2) is 0 Å². The van der Waals surface area contributed by atoms with Gasteiger partial charge in [-0.1, -0.05) is 212 Å². The number of benzene rings is 12. The summed E-state index contributed by atoms with van der Waals surface area (Å²) in [5, 5.41) is 4.80. The summed E-state index contributed by atoms with van der Waals surface area (Å²) in [6, 6.07) is 104. The molecule has 3 aliphatic rings. The lowest BCUT2D eigenvalue weighted by Gasteiger charge is -2.40. The lowest BCUT2D eigenvalue weighted by molar-refractivity contribution is 0.669. The zero-order valence-corrected chi connectivity index (χ0v) is 41.9. The molecule has 358 valence electrons. The molecule has 1 spiro atoms. The molecule has 3 heteroatoms. The molecular formula is C74H46N2O. The van der Waals surface area contributed by atoms with E-state index in [0.717, 1.165) is 50.1 Å². The van der Waals surface area contributed by atoms with E-state index in [4.69, 9.17) is 4.42 Å². The average Bonchev–Trinajstić information content (AvgIpc) is 4.40. The van der Waals surface area contributed by atoms with E-state index in [0.29, 0.717) is 0 Å². The number of rotatable bonds is 6. The van der Waals surface area contributed by atoms with Gasteiger partial charge < -0.3 is 13.9 Å². The second-order valence-corrected chi connectivity index (χ2v) is 21.0. The Kier molecular flexibility index (Phi) is 8.69. The van der Waals surface area contributed by atoms with Crippen molar-refractivity contribution in [1.82, 2.24) is 4.57 Å². The van der Waals surface area contributed by atoms with E-state index in [1.165, 1.54) is 94.3 Å². The molecule has 0 N–H and O–H groups in total. The molecule has 1 atom stereocenters. The Morgan fingerprint density at radius 1 is 0.299 bits per heavy atom. The van der Waals surface area contributed by atoms with Crippen molar-refractivity contribution in [3.8, 4) is 39.1 Å². The molecule has 3 heterocycles. The first-order valence-corrected chi connectivity index (χ1v) is 26.7. The van der Waals surface area contributed by atoms with Crippen LogP contribution in [0.15, 0.2) is 283 Å². The summed E-state index contributed by atoms with van der Waals surface area (Å²) in [5.41, 5.74) is 25.3. The molecule has 0 fully saturated rings. The lowest BCUT2D eigenvalue weighted by atomic mass is 9.65. The van der Waals surface area contributed by atoms with Crippen LogP contribution < -0.4 is 4.90 Å².